The maximum atomic E-state index is 11.2. The third-order valence-corrected chi connectivity index (χ3v) is 2.05. The first-order valence-electron chi connectivity index (χ1n) is 3.77. The number of nitrogens with two attached hydrogens (primary N) is 1. The molecule has 0 aliphatic carbocycles. The van der Waals surface area contributed by atoms with E-state index in [1.54, 1.807) is 14.0 Å². The Kier molecular flexibility index (Phi) is 5.28. The van der Waals surface area contributed by atoms with E-state index < -0.39 is 6.10 Å². The molecule has 2 atom stereocenters. The number of carbonyl (C=O) groups is 1. The molecule has 4 nitrogen and oxygen atoms in total. The first-order valence-corrected chi connectivity index (χ1v) is 4.40. The van der Waals surface area contributed by atoms with Crippen molar-refractivity contribution < 1.29 is 9.90 Å². The zero-order valence-electron chi connectivity index (χ0n) is 7.40. The van der Waals surface area contributed by atoms with Crippen molar-refractivity contribution in [3.8, 4) is 0 Å². The highest BCUT2D eigenvalue weighted by molar-refractivity contribution is 7.80. The highest BCUT2D eigenvalue weighted by Gasteiger charge is 2.16. The van der Waals surface area contributed by atoms with Gasteiger partial charge in [0.15, 0.2) is 0 Å². The molecule has 0 saturated heterocycles. The van der Waals surface area contributed by atoms with Crippen molar-refractivity contribution in [2.45, 2.75) is 25.5 Å². The van der Waals surface area contributed by atoms with Gasteiger partial charge in [0.1, 0.15) is 0 Å². The van der Waals surface area contributed by atoms with Gasteiger partial charge in [-0.2, -0.15) is 12.6 Å². The minimum atomic E-state index is -0.764. The Morgan fingerprint density at radius 1 is 1.75 bits per heavy atom. The van der Waals surface area contributed by atoms with Crippen molar-refractivity contribution >= 4 is 18.5 Å². The molecule has 2 unspecified atom stereocenters. The molecule has 0 aromatic rings. The number of nitrogens with zero attached hydrogens (tertiary/aromatic N) is 1. The SMILES string of the molecule is CC(N)C(O)CC(=O)N(C)CS. The van der Waals surface area contributed by atoms with Crippen molar-refractivity contribution in [1.29, 1.82) is 0 Å². The first kappa shape index (κ1) is 11.7. The monoisotopic (exact) mass is 192 g/mol. The molecule has 5 heteroatoms. The van der Waals surface area contributed by atoms with Gasteiger partial charge in [-0.05, 0) is 6.92 Å². The molecule has 0 radical (unpaired) electrons. The lowest BCUT2D eigenvalue weighted by molar-refractivity contribution is -0.131. The van der Waals surface area contributed by atoms with E-state index in [0.29, 0.717) is 5.88 Å². The molecule has 12 heavy (non-hydrogen) atoms. The highest BCUT2D eigenvalue weighted by Crippen LogP contribution is 2.00. The van der Waals surface area contributed by atoms with Crippen LogP contribution < -0.4 is 5.73 Å². The smallest absolute Gasteiger partial charge is 0.225 e. The van der Waals surface area contributed by atoms with Crippen LogP contribution in [0.5, 0.6) is 0 Å². The molecule has 0 heterocycles. The van der Waals surface area contributed by atoms with Gasteiger partial charge in [-0.15, -0.1) is 0 Å². The number of hydrogen-bond donors (Lipinski definition) is 3. The van der Waals surface area contributed by atoms with Crippen LogP contribution in [-0.4, -0.2) is 41.0 Å². The molecule has 0 spiro atoms. The summed E-state index contributed by atoms with van der Waals surface area (Å²) in [6.45, 7) is 1.67. The van der Waals surface area contributed by atoms with Gasteiger partial charge >= 0.3 is 0 Å². The van der Waals surface area contributed by atoms with Gasteiger partial charge in [-0.3, -0.25) is 4.79 Å². The summed E-state index contributed by atoms with van der Waals surface area (Å²) in [4.78, 5) is 12.6. The number of rotatable bonds is 4. The fourth-order valence-corrected chi connectivity index (χ4v) is 0.757. The van der Waals surface area contributed by atoms with Crippen LogP contribution in [0.2, 0.25) is 0 Å². The van der Waals surface area contributed by atoms with Gasteiger partial charge in [0.05, 0.1) is 18.4 Å². The average Bonchev–Trinajstić information content (AvgIpc) is 2.02. The molecule has 0 aliphatic heterocycles. The summed E-state index contributed by atoms with van der Waals surface area (Å²) in [7, 11) is 1.63. The molecule has 0 aliphatic rings. The lowest BCUT2D eigenvalue weighted by Crippen LogP contribution is -2.37. The fraction of sp³-hybridized carbons (Fsp3) is 0.857. The zero-order valence-corrected chi connectivity index (χ0v) is 8.29. The van der Waals surface area contributed by atoms with E-state index in [1.165, 1.54) is 4.90 Å². The summed E-state index contributed by atoms with van der Waals surface area (Å²) in [6.07, 6.45) is -0.700. The van der Waals surface area contributed by atoms with Crippen molar-refractivity contribution in [3.63, 3.8) is 0 Å². The zero-order chi connectivity index (χ0) is 9.72. The van der Waals surface area contributed by atoms with Gasteiger partial charge in [-0.25, -0.2) is 0 Å². The standard InChI is InChI=1S/C7H16N2O2S/c1-5(8)6(10)3-7(11)9(2)4-12/h5-6,10,12H,3-4,8H2,1-2H3. The number of hydrogen-bond acceptors (Lipinski definition) is 4. The van der Waals surface area contributed by atoms with Gasteiger partial charge in [0, 0.05) is 13.1 Å². The van der Waals surface area contributed by atoms with E-state index in [9.17, 15) is 9.90 Å². The van der Waals surface area contributed by atoms with Crippen LogP contribution in [-0.2, 0) is 4.79 Å². The van der Waals surface area contributed by atoms with Gasteiger partial charge in [0.2, 0.25) is 5.91 Å². The van der Waals surface area contributed by atoms with Crippen molar-refractivity contribution in [3.05, 3.63) is 0 Å². The third-order valence-electron chi connectivity index (χ3n) is 1.63. The summed E-state index contributed by atoms with van der Waals surface area (Å²) in [5.74, 6) is 0.208. The first-order chi connectivity index (χ1) is 5.49. The molecule has 0 fully saturated rings. The molecule has 0 rings (SSSR count). The Labute approximate surface area is 78.1 Å². The highest BCUT2D eigenvalue weighted by atomic mass is 32.1. The summed E-state index contributed by atoms with van der Waals surface area (Å²) >= 11 is 3.92. The number of amides is 1. The second-order valence-electron chi connectivity index (χ2n) is 2.86. The van der Waals surface area contributed by atoms with Crippen LogP contribution >= 0.6 is 12.6 Å². The van der Waals surface area contributed by atoms with Gasteiger partial charge in [-0.1, -0.05) is 0 Å². The number of aliphatic hydroxyl groups is 1. The number of thiol groups is 1. The normalized spacial score (nSPS) is 15.4. The molecule has 1 amide bonds. The van der Waals surface area contributed by atoms with Crippen LogP contribution in [0.3, 0.4) is 0 Å². The number of carbonyl (C=O) groups excluding carboxylic acids is 1. The summed E-state index contributed by atoms with van der Waals surface area (Å²) in [5.41, 5.74) is 5.39. The summed E-state index contributed by atoms with van der Waals surface area (Å²) in [5, 5.41) is 9.24. The van der Waals surface area contributed by atoms with Gasteiger partial charge in [0.25, 0.3) is 0 Å². The second-order valence-corrected chi connectivity index (χ2v) is 3.15. The maximum Gasteiger partial charge on any atom is 0.225 e. The van der Waals surface area contributed by atoms with Crippen LogP contribution in [0, 0.1) is 0 Å². The molecule has 0 bridgehead atoms. The lowest BCUT2D eigenvalue weighted by atomic mass is 10.1. The molecule has 0 saturated carbocycles. The minimum Gasteiger partial charge on any atom is -0.391 e. The summed E-state index contributed by atoms with van der Waals surface area (Å²) < 4.78 is 0. The van der Waals surface area contributed by atoms with Crippen molar-refractivity contribution in [1.82, 2.24) is 4.90 Å². The molecular weight excluding hydrogens is 176 g/mol. The lowest BCUT2D eigenvalue weighted by Gasteiger charge is -2.18. The predicted octanol–water partition coefficient (Wildman–Crippen LogP) is -0.570. The second kappa shape index (κ2) is 5.40. The van der Waals surface area contributed by atoms with Crippen molar-refractivity contribution in [2.24, 2.45) is 5.73 Å². The predicted molar refractivity (Wildman–Crippen MR) is 50.9 cm³/mol. The Bertz CT molecular complexity index is 152. The Hall–Kier alpha value is -0.260. The maximum absolute atomic E-state index is 11.2. The van der Waals surface area contributed by atoms with E-state index in [2.05, 4.69) is 12.6 Å². The van der Waals surface area contributed by atoms with Crippen LogP contribution in [0.4, 0.5) is 0 Å². The van der Waals surface area contributed by atoms with E-state index >= 15 is 0 Å². The molecule has 3 N–H and O–H groups in total. The van der Waals surface area contributed by atoms with E-state index in [4.69, 9.17) is 5.73 Å². The molecule has 72 valence electrons. The number of aliphatic hydroxyl groups excluding tert-OH is 1. The van der Waals surface area contributed by atoms with Crippen LogP contribution in [0.1, 0.15) is 13.3 Å². The largest absolute Gasteiger partial charge is 0.391 e. The van der Waals surface area contributed by atoms with E-state index in [0.717, 1.165) is 0 Å². The quantitative estimate of drug-likeness (QED) is 0.413. The Morgan fingerprint density at radius 2 is 2.25 bits per heavy atom. The molecule has 0 aromatic carbocycles. The fourth-order valence-electron chi connectivity index (χ4n) is 0.600. The molecule has 0 aromatic heterocycles. The van der Waals surface area contributed by atoms with E-state index in [1.807, 2.05) is 0 Å². The Balaban J connectivity index is 3.84. The Morgan fingerprint density at radius 3 is 2.58 bits per heavy atom. The topological polar surface area (TPSA) is 66.6 Å². The van der Waals surface area contributed by atoms with Crippen LogP contribution in [0.25, 0.3) is 0 Å². The summed E-state index contributed by atoms with van der Waals surface area (Å²) in [6, 6.07) is -0.373. The van der Waals surface area contributed by atoms with Crippen molar-refractivity contribution in [2.75, 3.05) is 12.9 Å². The minimum absolute atomic E-state index is 0.0642. The third kappa shape index (κ3) is 3.94. The molecular formula is C7H16N2O2S. The average molecular weight is 192 g/mol. The van der Waals surface area contributed by atoms with E-state index in [-0.39, 0.29) is 18.4 Å². The van der Waals surface area contributed by atoms with Crippen LogP contribution in [0.15, 0.2) is 0 Å². The van der Waals surface area contributed by atoms with Gasteiger partial charge < -0.3 is 15.7 Å².